The van der Waals surface area contributed by atoms with E-state index in [1.807, 2.05) is 0 Å². The van der Waals surface area contributed by atoms with Gasteiger partial charge in [0.05, 0.1) is 11.1 Å². The molecule has 0 saturated carbocycles. The molecule has 0 amide bonds. The molecule has 0 fully saturated rings. The van der Waals surface area contributed by atoms with E-state index in [0.29, 0.717) is 5.57 Å². The van der Waals surface area contributed by atoms with Gasteiger partial charge in [0, 0.05) is 0 Å². The Balaban J connectivity index is 2.77. The molecule has 1 rings (SSSR count). The van der Waals surface area contributed by atoms with Crippen molar-refractivity contribution >= 4 is 11.5 Å². The van der Waals surface area contributed by atoms with Crippen molar-refractivity contribution in [2.75, 3.05) is 0 Å². The summed E-state index contributed by atoms with van der Waals surface area (Å²) >= 11 is 1.19. The van der Waals surface area contributed by atoms with Crippen molar-refractivity contribution in [2.24, 2.45) is 0 Å². The van der Waals surface area contributed by atoms with Gasteiger partial charge >= 0.3 is 0 Å². The molecule has 0 aromatic carbocycles. The zero-order valence-corrected chi connectivity index (χ0v) is 6.43. The molecule has 0 aliphatic heterocycles. The first kappa shape index (κ1) is 7.37. The molecular weight excluding hydrogens is 148 g/mol. The zero-order chi connectivity index (χ0) is 7.56. The van der Waals surface area contributed by atoms with Crippen molar-refractivity contribution in [2.45, 2.75) is 13.0 Å². The summed E-state index contributed by atoms with van der Waals surface area (Å²) < 4.78 is 3.62. The van der Waals surface area contributed by atoms with Crippen molar-refractivity contribution in [3.63, 3.8) is 0 Å². The average molecular weight is 156 g/mol. The summed E-state index contributed by atoms with van der Waals surface area (Å²) in [6, 6.07) is 0. The molecule has 0 aliphatic rings. The lowest BCUT2D eigenvalue weighted by Crippen LogP contribution is -1.93. The SMILES string of the molecule is C=C(C)C(O)c1cnns1. The maximum absolute atomic E-state index is 9.32. The topological polar surface area (TPSA) is 46.0 Å². The lowest BCUT2D eigenvalue weighted by molar-refractivity contribution is 0.220. The lowest BCUT2D eigenvalue weighted by Gasteiger charge is -2.03. The molecule has 0 saturated heterocycles. The third-order valence-corrected chi connectivity index (χ3v) is 1.83. The van der Waals surface area contributed by atoms with Crippen molar-refractivity contribution in [1.82, 2.24) is 9.59 Å². The monoisotopic (exact) mass is 156 g/mol. The van der Waals surface area contributed by atoms with Gasteiger partial charge in [0.25, 0.3) is 0 Å². The van der Waals surface area contributed by atoms with E-state index in [1.54, 1.807) is 13.1 Å². The van der Waals surface area contributed by atoms with Crippen LogP contribution in [0.4, 0.5) is 0 Å². The van der Waals surface area contributed by atoms with Gasteiger partial charge in [-0.3, -0.25) is 0 Å². The minimum absolute atomic E-state index is 0.597. The van der Waals surface area contributed by atoms with Crippen molar-refractivity contribution in [1.29, 1.82) is 0 Å². The van der Waals surface area contributed by atoms with Crippen molar-refractivity contribution in [3.8, 4) is 0 Å². The van der Waals surface area contributed by atoms with E-state index >= 15 is 0 Å². The highest BCUT2D eigenvalue weighted by Gasteiger charge is 2.09. The second-order valence-corrected chi connectivity index (χ2v) is 2.89. The molecular formula is C6H8N2OS. The molecule has 1 unspecified atom stereocenters. The zero-order valence-electron chi connectivity index (χ0n) is 5.61. The number of aromatic nitrogens is 2. The first-order valence-corrected chi connectivity index (χ1v) is 3.60. The maximum atomic E-state index is 9.32. The van der Waals surface area contributed by atoms with Gasteiger partial charge in [0.1, 0.15) is 6.10 Å². The fourth-order valence-electron chi connectivity index (χ4n) is 0.538. The summed E-state index contributed by atoms with van der Waals surface area (Å²) in [5.74, 6) is 0. The Kier molecular flexibility index (Phi) is 2.13. The fourth-order valence-corrected chi connectivity index (χ4v) is 1.12. The van der Waals surface area contributed by atoms with E-state index in [0.717, 1.165) is 4.88 Å². The Bertz CT molecular complexity index is 220. The normalized spacial score (nSPS) is 13.0. The van der Waals surface area contributed by atoms with Crippen LogP contribution in [0.2, 0.25) is 0 Å². The number of aliphatic hydroxyl groups is 1. The molecule has 1 aromatic heterocycles. The lowest BCUT2D eigenvalue weighted by atomic mass is 10.2. The van der Waals surface area contributed by atoms with E-state index in [2.05, 4.69) is 16.2 Å². The average Bonchev–Trinajstić information content (AvgIpc) is 2.36. The minimum Gasteiger partial charge on any atom is -0.383 e. The predicted molar refractivity (Wildman–Crippen MR) is 39.7 cm³/mol. The molecule has 0 radical (unpaired) electrons. The number of hydrogen-bond donors (Lipinski definition) is 1. The molecule has 0 spiro atoms. The van der Waals surface area contributed by atoms with Crippen LogP contribution in [0.1, 0.15) is 17.9 Å². The molecule has 54 valence electrons. The minimum atomic E-state index is -0.597. The Labute approximate surface area is 63.2 Å². The van der Waals surface area contributed by atoms with Gasteiger partial charge in [-0.2, -0.15) is 0 Å². The highest BCUT2D eigenvalue weighted by molar-refractivity contribution is 7.05. The van der Waals surface area contributed by atoms with Crippen LogP contribution in [0, 0.1) is 0 Å². The third-order valence-electron chi connectivity index (χ3n) is 1.11. The molecule has 0 bridgehead atoms. The predicted octanol–water partition coefficient (Wildman–Crippen LogP) is 1.15. The molecule has 0 aliphatic carbocycles. The summed E-state index contributed by atoms with van der Waals surface area (Å²) in [4.78, 5) is 0.743. The van der Waals surface area contributed by atoms with Crippen molar-refractivity contribution in [3.05, 3.63) is 23.2 Å². The molecule has 1 heterocycles. The Morgan fingerprint density at radius 3 is 3.00 bits per heavy atom. The molecule has 4 heteroatoms. The number of hydrogen-bond acceptors (Lipinski definition) is 4. The quantitative estimate of drug-likeness (QED) is 0.653. The van der Waals surface area contributed by atoms with Gasteiger partial charge in [-0.05, 0) is 24.0 Å². The molecule has 1 atom stereocenters. The van der Waals surface area contributed by atoms with Crippen LogP contribution in [0.25, 0.3) is 0 Å². The van der Waals surface area contributed by atoms with Crippen LogP contribution in [-0.2, 0) is 0 Å². The second-order valence-electron chi connectivity index (χ2n) is 2.07. The van der Waals surface area contributed by atoms with Crippen LogP contribution < -0.4 is 0 Å². The highest BCUT2D eigenvalue weighted by Crippen LogP contribution is 2.20. The first-order chi connectivity index (χ1) is 4.72. The largest absolute Gasteiger partial charge is 0.383 e. The third kappa shape index (κ3) is 1.40. The molecule has 10 heavy (non-hydrogen) atoms. The van der Waals surface area contributed by atoms with Gasteiger partial charge in [-0.15, -0.1) is 5.10 Å². The number of rotatable bonds is 2. The molecule has 3 nitrogen and oxygen atoms in total. The van der Waals surface area contributed by atoms with E-state index in [1.165, 1.54) is 11.5 Å². The molecule has 1 aromatic rings. The van der Waals surface area contributed by atoms with Crippen LogP contribution >= 0.6 is 11.5 Å². The maximum Gasteiger partial charge on any atom is 0.112 e. The second kappa shape index (κ2) is 2.90. The Hall–Kier alpha value is -0.740. The highest BCUT2D eigenvalue weighted by atomic mass is 32.1. The summed E-state index contributed by atoms with van der Waals surface area (Å²) in [7, 11) is 0. The number of nitrogens with zero attached hydrogens (tertiary/aromatic N) is 2. The summed E-state index contributed by atoms with van der Waals surface area (Å²) in [6.45, 7) is 5.38. The van der Waals surface area contributed by atoms with Crippen LogP contribution in [-0.4, -0.2) is 14.7 Å². The first-order valence-electron chi connectivity index (χ1n) is 2.82. The van der Waals surface area contributed by atoms with Crippen LogP contribution in [0.15, 0.2) is 18.3 Å². The van der Waals surface area contributed by atoms with E-state index in [-0.39, 0.29) is 0 Å². The van der Waals surface area contributed by atoms with Gasteiger partial charge in [0.15, 0.2) is 0 Å². The Morgan fingerprint density at radius 2 is 2.60 bits per heavy atom. The fraction of sp³-hybridized carbons (Fsp3) is 0.333. The van der Waals surface area contributed by atoms with Gasteiger partial charge in [-0.25, -0.2) is 0 Å². The van der Waals surface area contributed by atoms with E-state index in [9.17, 15) is 5.11 Å². The standard InChI is InChI=1S/C6H8N2OS/c1-4(2)6(9)5-3-7-8-10-5/h3,6,9H,1H2,2H3. The summed E-state index contributed by atoms with van der Waals surface area (Å²) in [5.41, 5.74) is 0.714. The van der Waals surface area contributed by atoms with Gasteiger partial charge in [-0.1, -0.05) is 11.1 Å². The van der Waals surface area contributed by atoms with Gasteiger partial charge < -0.3 is 5.11 Å². The van der Waals surface area contributed by atoms with E-state index < -0.39 is 6.10 Å². The summed E-state index contributed by atoms with van der Waals surface area (Å²) in [5, 5.41) is 12.9. The van der Waals surface area contributed by atoms with Crippen LogP contribution in [0.3, 0.4) is 0 Å². The molecule has 1 N–H and O–H groups in total. The van der Waals surface area contributed by atoms with E-state index in [4.69, 9.17) is 0 Å². The van der Waals surface area contributed by atoms with Crippen molar-refractivity contribution < 1.29 is 5.11 Å². The smallest absolute Gasteiger partial charge is 0.112 e. The summed E-state index contributed by atoms with van der Waals surface area (Å²) in [6.07, 6.45) is 0.948. The Morgan fingerprint density at radius 1 is 1.90 bits per heavy atom. The van der Waals surface area contributed by atoms with Crippen LogP contribution in [0.5, 0.6) is 0 Å². The van der Waals surface area contributed by atoms with Gasteiger partial charge in [0.2, 0.25) is 0 Å². The number of aliphatic hydroxyl groups excluding tert-OH is 1.